The van der Waals surface area contributed by atoms with E-state index >= 15 is 0 Å². The predicted octanol–water partition coefficient (Wildman–Crippen LogP) is 1.63. The highest BCUT2D eigenvalue weighted by atomic mass is 35.5. The molecule has 0 saturated heterocycles. The van der Waals surface area contributed by atoms with E-state index in [4.69, 9.17) is 0 Å². The van der Waals surface area contributed by atoms with E-state index in [1.54, 1.807) is 0 Å². The zero-order valence-electron chi connectivity index (χ0n) is 4.99. The van der Waals surface area contributed by atoms with Gasteiger partial charge >= 0.3 is 11.3 Å². The standard InChI is InChI=1S/C4H3ClF4O2/c5-3(6,1-11-2-10)4(7,8)9/h2H,1H2. The lowest BCUT2D eigenvalue weighted by atomic mass is 10.4. The largest absolute Gasteiger partial charge is 0.463 e. The lowest BCUT2D eigenvalue weighted by Crippen LogP contribution is -2.39. The van der Waals surface area contributed by atoms with E-state index in [2.05, 4.69) is 16.3 Å². The summed E-state index contributed by atoms with van der Waals surface area (Å²) >= 11 is 4.32. The first-order valence-electron chi connectivity index (χ1n) is 2.31. The molecule has 0 heterocycles. The SMILES string of the molecule is O=COCC(F)(Cl)C(F)(F)F. The molecule has 0 radical (unpaired) electrons. The summed E-state index contributed by atoms with van der Waals surface area (Å²) in [6, 6.07) is 0. The molecule has 0 aromatic heterocycles. The number of carbonyl (C=O) groups excluding carboxylic acids is 1. The summed E-state index contributed by atoms with van der Waals surface area (Å²) < 4.78 is 50.0. The van der Waals surface area contributed by atoms with Crippen molar-refractivity contribution < 1.29 is 27.1 Å². The monoisotopic (exact) mass is 194 g/mol. The summed E-state index contributed by atoms with van der Waals surface area (Å²) in [5.41, 5.74) is 0. The van der Waals surface area contributed by atoms with Gasteiger partial charge in [0.1, 0.15) is 6.61 Å². The van der Waals surface area contributed by atoms with Gasteiger partial charge in [-0.1, -0.05) is 11.6 Å². The molecule has 0 aliphatic carbocycles. The molecule has 0 aliphatic rings. The molecule has 0 aromatic rings. The molecule has 7 heteroatoms. The molecule has 1 atom stereocenters. The first-order valence-corrected chi connectivity index (χ1v) is 2.69. The van der Waals surface area contributed by atoms with Crippen molar-refractivity contribution in [2.24, 2.45) is 0 Å². The fraction of sp³-hybridized carbons (Fsp3) is 0.750. The van der Waals surface area contributed by atoms with Crippen LogP contribution < -0.4 is 0 Å². The first-order chi connectivity index (χ1) is 4.81. The van der Waals surface area contributed by atoms with Crippen molar-refractivity contribution in [3.05, 3.63) is 0 Å². The molecule has 1 unspecified atom stereocenters. The number of halogens is 5. The summed E-state index contributed by atoms with van der Waals surface area (Å²) in [7, 11) is 0. The Labute approximate surface area is 64.1 Å². The van der Waals surface area contributed by atoms with Crippen LogP contribution in [-0.2, 0) is 9.53 Å². The van der Waals surface area contributed by atoms with Gasteiger partial charge in [-0.25, -0.2) is 4.39 Å². The zero-order valence-corrected chi connectivity index (χ0v) is 5.75. The summed E-state index contributed by atoms with van der Waals surface area (Å²) in [5, 5.41) is -3.99. The molecule has 0 aliphatic heterocycles. The Morgan fingerprint density at radius 2 is 1.82 bits per heavy atom. The van der Waals surface area contributed by atoms with Gasteiger partial charge in [0.05, 0.1) is 0 Å². The second-order valence-electron chi connectivity index (χ2n) is 1.61. The lowest BCUT2D eigenvalue weighted by molar-refractivity contribution is -0.210. The fourth-order valence-corrected chi connectivity index (χ4v) is 0.284. The fourth-order valence-electron chi connectivity index (χ4n) is 0.221. The van der Waals surface area contributed by atoms with Crippen LogP contribution in [0.25, 0.3) is 0 Å². The van der Waals surface area contributed by atoms with Crippen LogP contribution in [0.3, 0.4) is 0 Å². The maximum atomic E-state index is 12.1. The van der Waals surface area contributed by atoms with E-state index in [0.29, 0.717) is 0 Å². The summed E-state index contributed by atoms with van der Waals surface area (Å²) in [6.45, 7) is -1.86. The third kappa shape index (κ3) is 2.92. The van der Waals surface area contributed by atoms with Gasteiger partial charge < -0.3 is 4.74 Å². The van der Waals surface area contributed by atoms with Crippen LogP contribution >= 0.6 is 11.6 Å². The normalized spacial score (nSPS) is 17.2. The number of rotatable bonds is 3. The van der Waals surface area contributed by atoms with Crippen molar-refractivity contribution in [3.8, 4) is 0 Å². The van der Waals surface area contributed by atoms with E-state index < -0.39 is 17.9 Å². The lowest BCUT2D eigenvalue weighted by Gasteiger charge is -2.19. The van der Waals surface area contributed by atoms with Crippen molar-refractivity contribution in [2.75, 3.05) is 6.61 Å². The molecule has 2 nitrogen and oxygen atoms in total. The van der Waals surface area contributed by atoms with Crippen LogP contribution in [-0.4, -0.2) is 24.4 Å². The van der Waals surface area contributed by atoms with Crippen LogP contribution in [0.1, 0.15) is 0 Å². The van der Waals surface area contributed by atoms with Gasteiger partial charge in [-0.2, -0.15) is 13.2 Å². The molecule has 0 spiro atoms. The third-order valence-electron chi connectivity index (χ3n) is 0.747. The van der Waals surface area contributed by atoms with Crippen LogP contribution in [0.4, 0.5) is 17.6 Å². The van der Waals surface area contributed by atoms with Gasteiger partial charge in [0, 0.05) is 0 Å². The quantitative estimate of drug-likeness (QED) is 0.388. The van der Waals surface area contributed by atoms with Crippen LogP contribution in [0.15, 0.2) is 0 Å². The topological polar surface area (TPSA) is 26.3 Å². The minimum Gasteiger partial charge on any atom is -0.463 e. The number of hydrogen-bond acceptors (Lipinski definition) is 2. The Morgan fingerprint density at radius 1 is 1.36 bits per heavy atom. The molecule has 0 rings (SSSR count). The van der Waals surface area contributed by atoms with Crippen LogP contribution in [0, 0.1) is 0 Å². The third-order valence-corrected chi connectivity index (χ3v) is 1.07. The molecular formula is C4H3ClF4O2. The Balaban J connectivity index is 4.10. The smallest absolute Gasteiger partial charge is 0.440 e. The Kier molecular flexibility index (Phi) is 3.10. The molecule has 0 aromatic carbocycles. The predicted molar refractivity (Wildman–Crippen MR) is 27.8 cm³/mol. The Morgan fingerprint density at radius 3 is 2.09 bits per heavy atom. The average Bonchev–Trinajstić information content (AvgIpc) is 1.81. The molecule has 66 valence electrons. The summed E-state index contributed by atoms with van der Waals surface area (Å²) in [4.78, 5) is 9.36. The maximum absolute atomic E-state index is 12.1. The van der Waals surface area contributed by atoms with Gasteiger partial charge in [-0.05, 0) is 0 Å². The van der Waals surface area contributed by atoms with Gasteiger partial charge in [0.2, 0.25) is 0 Å². The van der Waals surface area contributed by atoms with E-state index in [9.17, 15) is 22.4 Å². The van der Waals surface area contributed by atoms with E-state index in [1.165, 1.54) is 0 Å². The number of carbonyl (C=O) groups is 1. The highest BCUT2D eigenvalue weighted by molar-refractivity contribution is 6.23. The van der Waals surface area contributed by atoms with Crippen molar-refractivity contribution >= 4 is 18.1 Å². The number of ether oxygens (including phenoxy) is 1. The molecular weight excluding hydrogens is 191 g/mol. The number of alkyl halides is 5. The number of hydrogen-bond donors (Lipinski definition) is 0. The Bertz CT molecular complexity index is 144. The Hall–Kier alpha value is -0.520. The average molecular weight is 195 g/mol. The van der Waals surface area contributed by atoms with Crippen molar-refractivity contribution in [1.29, 1.82) is 0 Å². The van der Waals surface area contributed by atoms with Gasteiger partial charge in [0.15, 0.2) is 0 Å². The van der Waals surface area contributed by atoms with Crippen LogP contribution in [0.5, 0.6) is 0 Å². The highest BCUT2D eigenvalue weighted by Crippen LogP contribution is 2.37. The first kappa shape index (κ1) is 10.5. The van der Waals surface area contributed by atoms with E-state index in [-0.39, 0.29) is 6.47 Å². The van der Waals surface area contributed by atoms with Gasteiger partial charge in [-0.15, -0.1) is 0 Å². The molecule has 0 N–H and O–H groups in total. The maximum Gasteiger partial charge on any atom is 0.440 e. The second-order valence-corrected chi connectivity index (χ2v) is 2.21. The molecule has 0 bridgehead atoms. The summed E-state index contributed by atoms with van der Waals surface area (Å²) in [5.74, 6) is 0. The van der Waals surface area contributed by atoms with Crippen molar-refractivity contribution in [2.45, 2.75) is 11.3 Å². The second kappa shape index (κ2) is 3.25. The van der Waals surface area contributed by atoms with Crippen LogP contribution in [0.2, 0.25) is 0 Å². The minimum absolute atomic E-state index is 0.317. The molecule has 0 fully saturated rings. The summed E-state index contributed by atoms with van der Waals surface area (Å²) in [6.07, 6.45) is -5.24. The van der Waals surface area contributed by atoms with Crippen molar-refractivity contribution in [3.63, 3.8) is 0 Å². The molecule has 0 saturated carbocycles. The van der Waals surface area contributed by atoms with E-state index in [0.717, 1.165) is 0 Å². The minimum atomic E-state index is -5.24. The van der Waals surface area contributed by atoms with E-state index in [1.807, 2.05) is 0 Å². The van der Waals surface area contributed by atoms with Gasteiger partial charge in [0.25, 0.3) is 6.47 Å². The molecule has 11 heavy (non-hydrogen) atoms. The van der Waals surface area contributed by atoms with Crippen molar-refractivity contribution in [1.82, 2.24) is 0 Å². The molecule has 0 amide bonds. The highest BCUT2D eigenvalue weighted by Gasteiger charge is 2.55. The van der Waals surface area contributed by atoms with Gasteiger partial charge in [-0.3, -0.25) is 4.79 Å². The zero-order chi connectivity index (χ0) is 9.12.